The lowest BCUT2D eigenvalue weighted by Gasteiger charge is -2.06. The van der Waals surface area contributed by atoms with Crippen molar-refractivity contribution in [2.45, 2.75) is 20.0 Å². The molecule has 0 aliphatic heterocycles. The second-order valence-electron chi connectivity index (χ2n) is 4.95. The first-order valence-electron chi connectivity index (χ1n) is 6.78. The number of benzene rings is 1. The molecule has 0 aliphatic rings. The van der Waals surface area contributed by atoms with Crippen LogP contribution in [0.25, 0.3) is 17.4 Å². The van der Waals surface area contributed by atoms with E-state index in [4.69, 9.17) is 37.6 Å². The molecule has 2 rings (SSSR count). The van der Waals surface area contributed by atoms with Crippen molar-refractivity contribution in [1.29, 1.82) is 5.26 Å². The van der Waals surface area contributed by atoms with Gasteiger partial charge < -0.3 is 9.15 Å². The van der Waals surface area contributed by atoms with Crippen molar-refractivity contribution in [3.05, 3.63) is 51.7 Å². The summed E-state index contributed by atoms with van der Waals surface area (Å²) < 4.78 is 10.6. The van der Waals surface area contributed by atoms with Crippen molar-refractivity contribution >= 4 is 35.2 Å². The Morgan fingerprint density at radius 3 is 2.70 bits per heavy atom. The Bertz CT molecular complexity index is 800. The SMILES string of the molecule is CC(C)OC(=O)C(C#N)=Cc1ccc(-c2cc(Cl)ccc2Cl)o1. The number of furan rings is 1. The molecule has 0 fully saturated rings. The molecule has 6 heteroatoms. The van der Waals surface area contributed by atoms with Gasteiger partial charge in [0.2, 0.25) is 0 Å². The summed E-state index contributed by atoms with van der Waals surface area (Å²) in [4.78, 5) is 11.8. The van der Waals surface area contributed by atoms with Crippen LogP contribution in [0, 0.1) is 11.3 Å². The van der Waals surface area contributed by atoms with E-state index >= 15 is 0 Å². The van der Waals surface area contributed by atoms with Gasteiger partial charge in [-0.25, -0.2) is 4.79 Å². The van der Waals surface area contributed by atoms with Crippen molar-refractivity contribution in [2.24, 2.45) is 0 Å². The predicted molar refractivity (Wildman–Crippen MR) is 89.0 cm³/mol. The minimum absolute atomic E-state index is 0.142. The first-order chi connectivity index (χ1) is 10.9. The first kappa shape index (κ1) is 17.1. The van der Waals surface area contributed by atoms with Crippen LogP contribution in [0.5, 0.6) is 0 Å². The number of carbonyl (C=O) groups excluding carboxylic acids is 1. The zero-order valence-electron chi connectivity index (χ0n) is 12.5. The van der Waals surface area contributed by atoms with Gasteiger partial charge in [0.05, 0.1) is 11.1 Å². The fraction of sp³-hybridized carbons (Fsp3) is 0.176. The van der Waals surface area contributed by atoms with Gasteiger partial charge in [-0.05, 0) is 44.2 Å². The number of hydrogen-bond donors (Lipinski definition) is 0. The van der Waals surface area contributed by atoms with Crippen LogP contribution in [0.15, 0.2) is 40.3 Å². The molecule has 0 bridgehead atoms. The number of carbonyl (C=O) groups is 1. The third-order valence-electron chi connectivity index (χ3n) is 2.79. The Kier molecular flexibility index (Phi) is 5.49. The van der Waals surface area contributed by atoms with Crippen molar-refractivity contribution in [1.82, 2.24) is 0 Å². The quantitative estimate of drug-likeness (QED) is 0.437. The molecule has 2 aromatic rings. The van der Waals surface area contributed by atoms with Gasteiger partial charge in [0, 0.05) is 16.7 Å². The molecule has 0 saturated heterocycles. The predicted octanol–water partition coefficient (Wildman–Crippen LogP) is 5.11. The minimum atomic E-state index is -0.693. The number of ether oxygens (including phenoxy) is 1. The van der Waals surface area contributed by atoms with E-state index < -0.39 is 5.97 Å². The molecule has 1 heterocycles. The van der Waals surface area contributed by atoms with E-state index in [1.54, 1.807) is 50.2 Å². The van der Waals surface area contributed by atoms with Crippen LogP contribution in [0.1, 0.15) is 19.6 Å². The largest absolute Gasteiger partial charge is 0.459 e. The molecule has 0 amide bonds. The highest BCUT2D eigenvalue weighted by Crippen LogP contribution is 2.32. The van der Waals surface area contributed by atoms with E-state index in [0.29, 0.717) is 27.1 Å². The summed E-state index contributed by atoms with van der Waals surface area (Å²) in [6, 6.07) is 10.1. The van der Waals surface area contributed by atoms with Gasteiger partial charge in [-0.3, -0.25) is 0 Å². The molecule has 0 N–H and O–H groups in total. The van der Waals surface area contributed by atoms with Gasteiger partial charge in [0.25, 0.3) is 0 Å². The van der Waals surface area contributed by atoms with Gasteiger partial charge in [0.1, 0.15) is 23.2 Å². The molecule has 0 atom stereocenters. The van der Waals surface area contributed by atoms with E-state index in [1.807, 2.05) is 0 Å². The molecule has 1 aromatic heterocycles. The highest BCUT2D eigenvalue weighted by molar-refractivity contribution is 6.35. The smallest absolute Gasteiger partial charge is 0.349 e. The Morgan fingerprint density at radius 1 is 1.30 bits per heavy atom. The van der Waals surface area contributed by atoms with Crippen molar-refractivity contribution in [2.75, 3.05) is 0 Å². The number of nitrogens with zero attached hydrogens (tertiary/aromatic N) is 1. The highest BCUT2D eigenvalue weighted by atomic mass is 35.5. The van der Waals surface area contributed by atoms with E-state index in [0.717, 1.165) is 0 Å². The zero-order valence-corrected chi connectivity index (χ0v) is 14.0. The standard InChI is InChI=1S/C17H13Cl2NO3/c1-10(2)22-17(21)11(9-20)7-13-4-6-16(23-13)14-8-12(18)3-5-15(14)19/h3-8,10H,1-2H3. The van der Waals surface area contributed by atoms with E-state index in [1.165, 1.54) is 6.08 Å². The molecule has 1 aromatic carbocycles. The van der Waals surface area contributed by atoms with Crippen LogP contribution in [-0.2, 0) is 9.53 Å². The summed E-state index contributed by atoms with van der Waals surface area (Å²) in [5.41, 5.74) is 0.485. The number of esters is 1. The first-order valence-corrected chi connectivity index (χ1v) is 7.54. The Balaban J connectivity index is 2.31. The van der Waals surface area contributed by atoms with Gasteiger partial charge in [0.15, 0.2) is 0 Å². The molecule has 0 aliphatic carbocycles. The van der Waals surface area contributed by atoms with Crippen LogP contribution in [0.4, 0.5) is 0 Å². The van der Waals surface area contributed by atoms with Gasteiger partial charge >= 0.3 is 5.97 Å². The highest BCUT2D eigenvalue weighted by Gasteiger charge is 2.14. The maximum atomic E-state index is 11.8. The Hall–Kier alpha value is -2.22. The molecule has 0 unspecified atom stereocenters. The number of nitriles is 1. The number of rotatable bonds is 4. The lowest BCUT2D eigenvalue weighted by Crippen LogP contribution is -2.12. The lowest BCUT2D eigenvalue weighted by atomic mass is 10.2. The normalized spacial score (nSPS) is 11.4. The summed E-state index contributed by atoms with van der Waals surface area (Å²) in [6.45, 7) is 3.41. The maximum Gasteiger partial charge on any atom is 0.349 e. The lowest BCUT2D eigenvalue weighted by molar-refractivity contribution is -0.142. The molecular weight excluding hydrogens is 337 g/mol. The fourth-order valence-electron chi connectivity index (χ4n) is 1.82. The topological polar surface area (TPSA) is 63.2 Å². The molecule has 0 spiro atoms. The van der Waals surface area contributed by atoms with Crippen LogP contribution in [-0.4, -0.2) is 12.1 Å². The second-order valence-corrected chi connectivity index (χ2v) is 5.79. The average molecular weight is 350 g/mol. The monoisotopic (exact) mass is 349 g/mol. The Morgan fingerprint density at radius 2 is 2.04 bits per heavy atom. The second kappa shape index (κ2) is 7.36. The minimum Gasteiger partial charge on any atom is -0.459 e. The van der Waals surface area contributed by atoms with Crippen LogP contribution in [0.3, 0.4) is 0 Å². The number of hydrogen-bond acceptors (Lipinski definition) is 4. The molecule has 0 radical (unpaired) electrons. The summed E-state index contributed by atoms with van der Waals surface area (Å²) in [5.74, 6) is 0.132. The van der Waals surface area contributed by atoms with Gasteiger partial charge in [-0.15, -0.1) is 0 Å². The van der Waals surface area contributed by atoms with Crippen LogP contribution >= 0.6 is 23.2 Å². The van der Waals surface area contributed by atoms with Gasteiger partial charge in [-0.2, -0.15) is 5.26 Å². The van der Waals surface area contributed by atoms with Crippen molar-refractivity contribution in [3.8, 4) is 17.4 Å². The molecule has 0 saturated carbocycles. The summed E-state index contributed by atoms with van der Waals surface area (Å²) in [5, 5.41) is 10.1. The van der Waals surface area contributed by atoms with E-state index in [9.17, 15) is 4.79 Å². The summed E-state index contributed by atoms with van der Waals surface area (Å²) in [6.07, 6.45) is 1.02. The summed E-state index contributed by atoms with van der Waals surface area (Å²) in [7, 11) is 0. The van der Waals surface area contributed by atoms with E-state index in [2.05, 4.69) is 0 Å². The maximum absolute atomic E-state index is 11.8. The molecule has 118 valence electrons. The third kappa shape index (κ3) is 4.38. The Labute approximate surface area is 143 Å². The number of halogens is 2. The van der Waals surface area contributed by atoms with Crippen LogP contribution < -0.4 is 0 Å². The van der Waals surface area contributed by atoms with Gasteiger partial charge in [-0.1, -0.05) is 23.2 Å². The fourth-order valence-corrected chi connectivity index (χ4v) is 2.20. The molecule has 4 nitrogen and oxygen atoms in total. The van der Waals surface area contributed by atoms with E-state index in [-0.39, 0.29) is 11.7 Å². The average Bonchev–Trinajstić information content (AvgIpc) is 2.94. The summed E-state index contributed by atoms with van der Waals surface area (Å²) >= 11 is 12.1. The van der Waals surface area contributed by atoms with Crippen LogP contribution in [0.2, 0.25) is 10.0 Å². The van der Waals surface area contributed by atoms with Crippen molar-refractivity contribution < 1.29 is 13.9 Å². The molecular formula is C17H13Cl2NO3. The zero-order chi connectivity index (χ0) is 17.0. The van der Waals surface area contributed by atoms with Crippen molar-refractivity contribution in [3.63, 3.8) is 0 Å². The molecule has 23 heavy (non-hydrogen) atoms. The third-order valence-corrected chi connectivity index (χ3v) is 3.36.